The second kappa shape index (κ2) is 8.08. The van der Waals surface area contributed by atoms with E-state index in [9.17, 15) is 0 Å². The lowest BCUT2D eigenvalue weighted by molar-refractivity contribution is 0.192. The van der Waals surface area contributed by atoms with E-state index in [0.29, 0.717) is 5.82 Å². The molecule has 1 heterocycles. The third-order valence-corrected chi connectivity index (χ3v) is 3.12. The van der Waals surface area contributed by atoms with Crippen molar-refractivity contribution in [3.05, 3.63) is 5.82 Å². The Labute approximate surface area is 106 Å². The molecule has 0 bridgehead atoms. The zero-order chi connectivity index (χ0) is 12.5. The van der Waals surface area contributed by atoms with Gasteiger partial charge < -0.3 is 16.2 Å². The Hall–Kier alpha value is -1.08. The largest absolute Gasteiger partial charge is 0.385 e. The van der Waals surface area contributed by atoms with Gasteiger partial charge in [0.25, 0.3) is 0 Å². The number of hydrogen-bond donors (Lipinski definition) is 2. The third-order valence-electron chi connectivity index (χ3n) is 2.08. The SMILES string of the molecule is COCCCCCSCc1nc(N)nc(N)n1. The molecule has 4 N–H and O–H groups in total. The summed E-state index contributed by atoms with van der Waals surface area (Å²) in [6.07, 6.45) is 3.47. The zero-order valence-electron chi connectivity index (χ0n) is 10.1. The number of rotatable bonds is 8. The van der Waals surface area contributed by atoms with Crippen molar-refractivity contribution in [1.29, 1.82) is 0 Å². The number of methoxy groups -OCH3 is 1. The molecule has 17 heavy (non-hydrogen) atoms. The van der Waals surface area contributed by atoms with Gasteiger partial charge in [-0.05, 0) is 18.6 Å². The van der Waals surface area contributed by atoms with Gasteiger partial charge in [-0.25, -0.2) is 0 Å². The average Bonchev–Trinajstić information content (AvgIpc) is 2.26. The summed E-state index contributed by atoms with van der Waals surface area (Å²) < 4.78 is 4.98. The maximum absolute atomic E-state index is 5.48. The molecule has 0 aliphatic rings. The van der Waals surface area contributed by atoms with E-state index in [-0.39, 0.29) is 11.9 Å². The van der Waals surface area contributed by atoms with Crippen LogP contribution in [0.2, 0.25) is 0 Å². The zero-order valence-corrected chi connectivity index (χ0v) is 10.9. The molecule has 0 aliphatic carbocycles. The monoisotopic (exact) mass is 257 g/mol. The van der Waals surface area contributed by atoms with Crippen LogP contribution in [-0.2, 0) is 10.5 Å². The molecule has 0 radical (unpaired) electrons. The number of thioether (sulfide) groups is 1. The molecule has 0 unspecified atom stereocenters. The highest BCUT2D eigenvalue weighted by atomic mass is 32.2. The van der Waals surface area contributed by atoms with Crippen molar-refractivity contribution in [2.24, 2.45) is 0 Å². The fourth-order valence-corrected chi connectivity index (χ4v) is 2.18. The summed E-state index contributed by atoms with van der Waals surface area (Å²) in [4.78, 5) is 11.8. The first-order chi connectivity index (χ1) is 8.22. The van der Waals surface area contributed by atoms with Crippen LogP contribution < -0.4 is 11.5 Å². The van der Waals surface area contributed by atoms with Crippen LogP contribution in [0.3, 0.4) is 0 Å². The Morgan fingerprint density at radius 2 is 1.76 bits per heavy atom. The van der Waals surface area contributed by atoms with E-state index in [1.165, 1.54) is 12.8 Å². The maximum atomic E-state index is 5.48. The second-order valence-corrected chi connectivity index (χ2v) is 4.68. The number of hydrogen-bond acceptors (Lipinski definition) is 7. The summed E-state index contributed by atoms with van der Waals surface area (Å²) in [5.74, 6) is 2.83. The third kappa shape index (κ3) is 6.28. The van der Waals surface area contributed by atoms with Gasteiger partial charge in [0, 0.05) is 13.7 Å². The highest BCUT2D eigenvalue weighted by Crippen LogP contribution is 2.12. The van der Waals surface area contributed by atoms with Crippen LogP contribution in [0.5, 0.6) is 0 Å². The van der Waals surface area contributed by atoms with Gasteiger partial charge in [-0.2, -0.15) is 26.7 Å². The van der Waals surface area contributed by atoms with E-state index in [1.807, 2.05) is 0 Å². The Kier molecular flexibility index (Phi) is 6.64. The van der Waals surface area contributed by atoms with Gasteiger partial charge in [0.05, 0.1) is 5.75 Å². The van der Waals surface area contributed by atoms with E-state index >= 15 is 0 Å². The van der Waals surface area contributed by atoms with Crippen LogP contribution in [0.25, 0.3) is 0 Å². The van der Waals surface area contributed by atoms with Gasteiger partial charge in [-0.3, -0.25) is 0 Å². The van der Waals surface area contributed by atoms with Crippen LogP contribution in [0.4, 0.5) is 11.9 Å². The fourth-order valence-electron chi connectivity index (χ4n) is 1.31. The topological polar surface area (TPSA) is 99.9 Å². The van der Waals surface area contributed by atoms with E-state index in [0.717, 1.165) is 24.5 Å². The molecular weight excluding hydrogens is 238 g/mol. The molecule has 0 saturated heterocycles. The van der Waals surface area contributed by atoms with Crippen LogP contribution in [0.15, 0.2) is 0 Å². The Balaban J connectivity index is 2.13. The number of ether oxygens (including phenoxy) is 1. The van der Waals surface area contributed by atoms with Crippen molar-refractivity contribution in [3.8, 4) is 0 Å². The van der Waals surface area contributed by atoms with E-state index in [2.05, 4.69) is 15.0 Å². The molecule has 96 valence electrons. The number of aromatic nitrogens is 3. The van der Waals surface area contributed by atoms with Crippen molar-refractivity contribution >= 4 is 23.7 Å². The molecule has 0 fully saturated rings. The highest BCUT2D eigenvalue weighted by Gasteiger charge is 2.01. The molecule has 0 aliphatic heterocycles. The minimum absolute atomic E-state index is 0.188. The van der Waals surface area contributed by atoms with Gasteiger partial charge in [0.15, 0.2) is 0 Å². The predicted molar refractivity (Wildman–Crippen MR) is 70.5 cm³/mol. The maximum Gasteiger partial charge on any atom is 0.225 e. The van der Waals surface area contributed by atoms with Gasteiger partial charge in [0.2, 0.25) is 11.9 Å². The van der Waals surface area contributed by atoms with Crippen molar-refractivity contribution in [2.45, 2.75) is 25.0 Å². The van der Waals surface area contributed by atoms with Gasteiger partial charge in [-0.1, -0.05) is 6.42 Å². The molecule has 1 aromatic heterocycles. The van der Waals surface area contributed by atoms with Crippen LogP contribution in [-0.4, -0.2) is 34.4 Å². The number of unbranched alkanes of at least 4 members (excludes halogenated alkanes) is 2. The molecule has 0 saturated carbocycles. The predicted octanol–water partition coefficient (Wildman–Crippen LogP) is 1.09. The lowest BCUT2D eigenvalue weighted by Crippen LogP contribution is -2.06. The minimum atomic E-state index is 0.188. The van der Waals surface area contributed by atoms with Crippen molar-refractivity contribution < 1.29 is 4.74 Å². The molecule has 1 aromatic rings. The average molecular weight is 257 g/mol. The molecule has 0 atom stereocenters. The normalized spacial score (nSPS) is 10.6. The summed E-state index contributed by atoms with van der Waals surface area (Å²) in [5.41, 5.74) is 11.0. The molecule has 7 heteroatoms. The number of nitrogen functional groups attached to an aromatic ring is 2. The molecule has 6 nitrogen and oxygen atoms in total. The molecule has 1 rings (SSSR count). The van der Waals surface area contributed by atoms with Crippen LogP contribution >= 0.6 is 11.8 Å². The lowest BCUT2D eigenvalue weighted by atomic mass is 10.3. The molecule has 0 amide bonds. The minimum Gasteiger partial charge on any atom is -0.385 e. The first-order valence-corrected chi connectivity index (χ1v) is 6.70. The van der Waals surface area contributed by atoms with Gasteiger partial charge in [-0.15, -0.1) is 0 Å². The summed E-state index contributed by atoms with van der Waals surface area (Å²) in [7, 11) is 1.73. The van der Waals surface area contributed by atoms with E-state index < -0.39 is 0 Å². The van der Waals surface area contributed by atoms with Crippen molar-refractivity contribution in [1.82, 2.24) is 15.0 Å². The number of nitrogens with zero attached hydrogens (tertiary/aromatic N) is 3. The van der Waals surface area contributed by atoms with Crippen LogP contribution in [0, 0.1) is 0 Å². The summed E-state index contributed by atoms with van der Waals surface area (Å²) in [6.45, 7) is 0.838. The Bertz CT molecular complexity index is 316. The second-order valence-electron chi connectivity index (χ2n) is 3.57. The van der Waals surface area contributed by atoms with Crippen LogP contribution in [0.1, 0.15) is 25.1 Å². The van der Waals surface area contributed by atoms with E-state index in [1.54, 1.807) is 18.9 Å². The molecule has 0 aromatic carbocycles. The van der Waals surface area contributed by atoms with E-state index in [4.69, 9.17) is 16.2 Å². The number of anilines is 2. The fraction of sp³-hybridized carbons (Fsp3) is 0.700. The Morgan fingerprint density at radius 1 is 1.06 bits per heavy atom. The summed E-state index contributed by atoms with van der Waals surface area (Å²) in [5, 5.41) is 0. The number of nitrogens with two attached hydrogens (primary N) is 2. The quantitative estimate of drug-likeness (QED) is 0.672. The van der Waals surface area contributed by atoms with Crippen molar-refractivity contribution in [3.63, 3.8) is 0 Å². The standard InChI is InChI=1S/C10H19N5OS/c1-16-5-3-2-4-6-17-7-8-13-9(11)15-10(12)14-8/h2-7H2,1H3,(H4,11,12,13,14,15). The Morgan fingerprint density at radius 3 is 2.41 bits per heavy atom. The van der Waals surface area contributed by atoms with Crippen molar-refractivity contribution in [2.75, 3.05) is 30.9 Å². The first kappa shape index (κ1) is 14.0. The van der Waals surface area contributed by atoms with Gasteiger partial charge >= 0.3 is 0 Å². The highest BCUT2D eigenvalue weighted by molar-refractivity contribution is 7.98. The summed E-state index contributed by atoms with van der Waals surface area (Å²) >= 11 is 1.78. The van der Waals surface area contributed by atoms with Gasteiger partial charge in [0.1, 0.15) is 5.82 Å². The molecule has 0 spiro atoms. The first-order valence-electron chi connectivity index (χ1n) is 5.55. The lowest BCUT2D eigenvalue weighted by Gasteiger charge is -2.02. The smallest absolute Gasteiger partial charge is 0.225 e. The molecular formula is C10H19N5OS. The summed E-state index contributed by atoms with van der Waals surface area (Å²) in [6, 6.07) is 0.